The number of likely N-dealkylation sites (tertiary alicyclic amines) is 1. The predicted molar refractivity (Wildman–Crippen MR) is 101 cm³/mol. The second kappa shape index (κ2) is 11.4. The molecule has 1 fully saturated rings. The van der Waals surface area contributed by atoms with E-state index in [1.807, 2.05) is 25.1 Å². The normalized spacial score (nSPS) is 16.5. The average molecular weight is 417 g/mol. The molecule has 119 valence electrons. The van der Waals surface area contributed by atoms with E-state index in [1.54, 1.807) is 6.20 Å². The molecule has 0 aliphatic carbocycles. The van der Waals surface area contributed by atoms with Crippen LogP contribution in [0.5, 0.6) is 0 Å². The van der Waals surface area contributed by atoms with Gasteiger partial charge in [-0.1, -0.05) is 13.0 Å². The zero-order valence-electron chi connectivity index (χ0n) is 12.8. The van der Waals surface area contributed by atoms with Gasteiger partial charge in [0, 0.05) is 25.0 Å². The molecule has 1 aromatic rings. The van der Waals surface area contributed by atoms with Crippen molar-refractivity contribution in [3.63, 3.8) is 0 Å². The number of piperidine rings is 1. The first-order valence-corrected chi connectivity index (χ1v) is 13.9. The van der Waals surface area contributed by atoms with E-state index in [9.17, 15) is 0 Å². The van der Waals surface area contributed by atoms with E-state index in [-0.39, 0.29) is 0 Å². The van der Waals surface area contributed by atoms with Crippen LogP contribution in [0.3, 0.4) is 0 Å². The molecular weight excluding hydrogens is 397 g/mol. The monoisotopic (exact) mass is 415 g/mol. The Balaban J connectivity index is 0.000000745. The molecule has 0 amide bonds. The molecule has 0 saturated carbocycles. The molecule has 4 nitrogen and oxygen atoms in total. The van der Waals surface area contributed by atoms with E-state index in [4.69, 9.17) is 19.3 Å². The van der Waals surface area contributed by atoms with E-state index in [2.05, 4.69) is 39.6 Å². The SMILES string of the molecule is CC(=N[N-]C(=[SH+])N1CCC(C)CC1)c1ccccn1.[Cl][Ga][Cl]. The molecule has 1 saturated heterocycles. The molecule has 8 heteroatoms. The number of nitrogens with zero attached hydrogens (tertiary/aromatic N) is 4. The molecule has 22 heavy (non-hydrogen) atoms. The van der Waals surface area contributed by atoms with Crippen LogP contribution in [0.15, 0.2) is 29.5 Å². The van der Waals surface area contributed by atoms with Crippen LogP contribution in [0, 0.1) is 5.92 Å². The quantitative estimate of drug-likeness (QED) is 0.185. The van der Waals surface area contributed by atoms with Gasteiger partial charge < -0.3 is 10.5 Å². The summed E-state index contributed by atoms with van der Waals surface area (Å²) in [7, 11) is 9.84. The van der Waals surface area contributed by atoms with Crippen LogP contribution in [-0.2, 0) is 12.2 Å². The molecule has 1 radical (unpaired) electrons. The van der Waals surface area contributed by atoms with E-state index >= 15 is 0 Å². The summed E-state index contributed by atoms with van der Waals surface area (Å²) in [6.07, 6.45) is 4.15. The van der Waals surface area contributed by atoms with Gasteiger partial charge >= 0.3 is 34.7 Å². The third-order valence-corrected chi connectivity index (χ3v) is 3.76. The number of hydrogen-bond acceptors (Lipinski definition) is 2. The van der Waals surface area contributed by atoms with Gasteiger partial charge in [0.05, 0.1) is 5.69 Å². The zero-order valence-corrected chi connectivity index (χ0v) is 17.6. The topological polar surface area (TPSA) is 42.6 Å². The number of pyridine rings is 1. The van der Waals surface area contributed by atoms with Gasteiger partial charge in [0.15, 0.2) is 17.3 Å². The van der Waals surface area contributed by atoms with Gasteiger partial charge in [-0.05, 0) is 37.8 Å². The van der Waals surface area contributed by atoms with Gasteiger partial charge in [-0.3, -0.25) is 4.98 Å². The molecule has 0 atom stereocenters. The third-order valence-electron chi connectivity index (χ3n) is 3.39. The fourth-order valence-electron chi connectivity index (χ4n) is 2.02. The van der Waals surface area contributed by atoms with Crippen molar-refractivity contribution in [3.05, 3.63) is 35.5 Å². The van der Waals surface area contributed by atoms with Crippen LogP contribution < -0.4 is 0 Å². The van der Waals surface area contributed by atoms with Gasteiger partial charge in [-0.25, -0.2) is 4.90 Å². The summed E-state index contributed by atoms with van der Waals surface area (Å²) in [5, 5.41) is 4.91. The average Bonchev–Trinajstić information content (AvgIpc) is 2.54. The van der Waals surface area contributed by atoms with Crippen molar-refractivity contribution < 1.29 is 0 Å². The van der Waals surface area contributed by atoms with Gasteiger partial charge in [0.25, 0.3) is 0 Å². The fraction of sp³-hybridized carbons (Fsp3) is 0.500. The minimum atomic E-state index is -0.743. The summed E-state index contributed by atoms with van der Waals surface area (Å²) >= 11 is 3.70. The van der Waals surface area contributed by atoms with Gasteiger partial charge in [-0.2, -0.15) is 0 Å². The van der Waals surface area contributed by atoms with Crippen LogP contribution in [0.25, 0.3) is 5.43 Å². The summed E-state index contributed by atoms with van der Waals surface area (Å²) in [5.41, 5.74) is 5.85. The van der Waals surface area contributed by atoms with E-state index < -0.39 is 15.4 Å². The van der Waals surface area contributed by atoms with Crippen molar-refractivity contribution in [1.82, 2.24) is 9.88 Å². The second-order valence-electron chi connectivity index (χ2n) is 5.05. The maximum atomic E-state index is 4.92. The first kappa shape index (κ1) is 19.9. The maximum absolute atomic E-state index is 4.92. The molecule has 0 N–H and O–H groups in total. The Kier molecular flexibility index (Phi) is 10.4. The van der Waals surface area contributed by atoms with E-state index in [1.165, 1.54) is 12.8 Å². The molecule has 1 aliphatic heterocycles. The minimum absolute atomic E-state index is 0.696. The van der Waals surface area contributed by atoms with Crippen LogP contribution in [0.2, 0.25) is 0 Å². The number of thiol groups is 1. The van der Waals surface area contributed by atoms with Crippen LogP contribution in [0.1, 0.15) is 32.4 Å². The van der Waals surface area contributed by atoms with Crippen molar-refractivity contribution in [2.24, 2.45) is 11.0 Å². The Hall–Kier alpha value is -0.114. The number of rotatable bonds is 2. The number of hydrogen-bond donors (Lipinski definition) is 0. The molecule has 1 aliphatic rings. The van der Waals surface area contributed by atoms with Crippen LogP contribution in [0.4, 0.5) is 0 Å². The first-order chi connectivity index (χ1) is 10.6. The Morgan fingerprint density at radius 2 is 2.05 bits per heavy atom. The van der Waals surface area contributed by atoms with Gasteiger partial charge in [-0.15, -0.1) is 0 Å². The van der Waals surface area contributed by atoms with Crippen LogP contribution in [-0.4, -0.2) is 49.2 Å². The van der Waals surface area contributed by atoms with Crippen molar-refractivity contribution >= 4 is 57.7 Å². The molecule has 0 unspecified atom stereocenters. The summed E-state index contributed by atoms with van der Waals surface area (Å²) < 4.78 is 0. The fourth-order valence-corrected chi connectivity index (χ4v) is 2.26. The number of aromatic nitrogens is 1. The van der Waals surface area contributed by atoms with Gasteiger partial charge in [0.1, 0.15) is 0 Å². The summed E-state index contributed by atoms with van der Waals surface area (Å²) in [6.45, 7) is 6.23. The Morgan fingerprint density at radius 1 is 1.41 bits per heavy atom. The van der Waals surface area contributed by atoms with E-state index in [0.717, 1.165) is 30.4 Å². The summed E-state index contributed by atoms with van der Waals surface area (Å²) in [5.74, 6) is 0.802. The summed E-state index contributed by atoms with van der Waals surface area (Å²) in [6, 6.07) is 5.76. The van der Waals surface area contributed by atoms with Crippen molar-refractivity contribution in [1.29, 1.82) is 0 Å². The van der Waals surface area contributed by atoms with Crippen molar-refractivity contribution in [2.45, 2.75) is 26.7 Å². The molecule has 2 rings (SSSR count). The Labute approximate surface area is 153 Å². The Morgan fingerprint density at radius 3 is 2.59 bits per heavy atom. The summed E-state index contributed by atoms with van der Waals surface area (Å²) in [4.78, 5) is 6.42. The molecule has 0 spiro atoms. The zero-order chi connectivity index (χ0) is 16.4. The molecule has 0 bridgehead atoms. The number of halogens is 2. The van der Waals surface area contributed by atoms with E-state index in [0.29, 0.717) is 5.11 Å². The van der Waals surface area contributed by atoms with Crippen molar-refractivity contribution in [2.75, 3.05) is 13.1 Å². The van der Waals surface area contributed by atoms with Gasteiger partial charge in [0.2, 0.25) is 0 Å². The Bertz CT molecular complexity index is 479. The molecule has 1 aromatic heterocycles. The molecular formula is C14H20Cl2GaN4S. The predicted octanol–water partition coefficient (Wildman–Crippen LogP) is 3.28. The molecule has 2 heterocycles. The third kappa shape index (κ3) is 7.44. The van der Waals surface area contributed by atoms with Crippen LogP contribution >= 0.6 is 19.3 Å². The second-order valence-corrected chi connectivity index (χ2v) is 9.23. The first-order valence-electron chi connectivity index (χ1n) is 7.08. The standard InChI is InChI=1S/C14H20N4S.2ClH.Ga/c1-11-6-9-18(10-7-11)14(19)17-16-12(2)13-5-3-4-8-15-13;;;/h3-5,8,11H,6-7,9-10H2,1-2H3,(H,15,17,19);2*1H;/q;;;+2/p-2. The van der Waals surface area contributed by atoms with Crippen molar-refractivity contribution in [3.8, 4) is 0 Å². The molecule has 0 aromatic carbocycles.